The highest BCUT2D eigenvalue weighted by Crippen LogP contribution is 2.26. The summed E-state index contributed by atoms with van der Waals surface area (Å²) in [5.74, 6) is 0.870. The van der Waals surface area contributed by atoms with Gasteiger partial charge >= 0.3 is 0 Å². The van der Waals surface area contributed by atoms with Gasteiger partial charge < -0.3 is 9.88 Å². The zero-order valence-corrected chi connectivity index (χ0v) is 14.8. The Balaban J connectivity index is 2.33. The largest absolute Gasteiger partial charge is 0.346 e. The number of nitrogens with one attached hydrogen (secondary N) is 1. The molecule has 0 amide bonds. The van der Waals surface area contributed by atoms with Gasteiger partial charge in [0.05, 0.1) is 0 Å². The molecule has 21 heavy (non-hydrogen) atoms. The van der Waals surface area contributed by atoms with E-state index in [0.29, 0.717) is 29.8 Å². The monoisotopic (exact) mass is 331 g/mol. The fourth-order valence-corrected chi connectivity index (χ4v) is 5.40. The summed E-state index contributed by atoms with van der Waals surface area (Å²) in [4.78, 5) is 0.417. The predicted molar refractivity (Wildman–Crippen MR) is 88.3 cm³/mol. The van der Waals surface area contributed by atoms with Crippen molar-refractivity contribution in [2.45, 2.75) is 43.5 Å². The van der Waals surface area contributed by atoms with Gasteiger partial charge in [0, 0.05) is 48.6 Å². The number of nitrogens with zero attached hydrogens (tertiary/aromatic N) is 2. The lowest BCUT2D eigenvalue weighted by Gasteiger charge is -2.29. The van der Waals surface area contributed by atoms with E-state index in [-0.39, 0.29) is 6.04 Å². The lowest BCUT2D eigenvalue weighted by Crippen LogP contribution is -2.40. The maximum Gasteiger partial charge on any atom is 0.244 e. The number of thioether (sulfide) groups is 1. The van der Waals surface area contributed by atoms with E-state index in [9.17, 15) is 8.42 Å². The molecule has 1 N–H and O–H groups in total. The molecule has 1 aromatic rings. The topological polar surface area (TPSA) is 54.3 Å². The van der Waals surface area contributed by atoms with E-state index >= 15 is 0 Å². The van der Waals surface area contributed by atoms with Crippen molar-refractivity contribution in [2.24, 2.45) is 0 Å². The number of hydrogen-bond acceptors (Lipinski definition) is 4. The molecule has 1 unspecified atom stereocenters. The third-order valence-electron chi connectivity index (χ3n) is 3.66. The summed E-state index contributed by atoms with van der Waals surface area (Å²) < 4.78 is 29.3. The molecule has 0 spiro atoms. The second-order valence-electron chi connectivity index (χ2n) is 5.74. The van der Waals surface area contributed by atoms with Crippen LogP contribution in [-0.4, -0.2) is 48.4 Å². The molecule has 1 aliphatic heterocycles. The van der Waals surface area contributed by atoms with Crippen LogP contribution in [-0.2, 0) is 16.6 Å². The van der Waals surface area contributed by atoms with Crippen LogP contribution < -0.4 is 5.32 Å². The minimum atomic E-state index is -3.38. The molecule has 0 saturated carbocycles. The van der Waals surface area contributed by atoms with Crippen molar-refractivity contribution in [1.29, 1.82) is 0 Å². The van der Waals surface area contributed by atoms with E-state index in [4.69, 9.17) is 0 Å². The van der Waals surface area contributed by atoms with Gasteiger partial charge in [0.2, 0.25) is 10.0 Å². The molecule has 0 aromatic carbocycles. The van der Waals surface area contributed by atoms with E-state index in [1.807, 2.05) is 23.4 Å². The Bertz CT molecular complexity index is 581. The van der Waals surface area contributed by atoms with E-state index in [0.717, 1.165) is 11.4 Å². The predicted octanol–water partition coefficient (Wildman–Crippen LogP) is 1.91. The first kappa shape index (κ1) is 16.9. The molecular weight excluding hydrogens is 306 g/mol. The van der Waals surface area contributed by atoms with Gasteiger partial charge in [-0.1, -0.05) is 6.92 Å². The highest BCUT2D eigenvalue weighted by atomic mass is 32.2. The van der Waals surface area contributed by atoms with Crippen LogP contribution in [0, 0.1) is 0 Å². The van der Waals surface area contributed by atoms with E-state index in [1.54, 1.807) is 16.6 Å². The second kappa shape index (κ2) is 6.73. The first-order chi connectivity index (χ1) is 9.86. The Morgan fingerprint density at radius 1 is 1.48 bits per heavy atom. The van der Waals surface area contributed by atoms with E-state index in [1.165, 1.54) is 0 Å². The summed E-state index contributed by atoms with van der Waals surface area (Å²) >= 11 is 1.83. The third-order valence-corrected chi connectivity index (χ3v) is 6.63. The minimum absolute atomic E-state index is 0.244. The Morgan fingerprint density at radius 3 is 2.76 bits per heavy atom. The van der Waals surface area contributed by atoms with Gasteiger partial charge in [0.25, 0.3) is 0 Å². The fourth-order valence-electron chi connectivity index (χ4n) is 2.60. The summed E-state index contributed by atoms with van der Waals surface area (Å²) in [7, 11) is -1.51. The van der Waals surface area contributed by atoms with E-state index in [2.05, 4.69) is 26.1 Å². The summed E-state index contributed by atoms with van der Waals surface area (Å²) in [5.41, 5.74) is 1.01. The van der Waals surface area contributed by atoms with Gasteiger partial charge in [-0.3, -0.25) is 0 Å². The second-order valence-corrected chi connectivity index (χ2v) is 9.23. The van der Waals surface area contributed by atoms with Crippen LogP contribution in [0.1, 0.15) is 32.5 Å². The van der Waals surface area contributed by atoms with Crippen LogP contribution in [0.25, 0.3) is 0 Å². The van der Waals surface area contributed by atoms with Crippen LogP contribution in [0.15, 0.2) is 17.2 Å². The molecular formula is C14H25N3O2S2. The van der Waals surface area contributed by atoms with Crippen LogP contribution in [0.5, 0.6) is 0 Å². The molecule has 1 atom stereocenters. The maximum absolute atomic E-state index is 12.8. The van der Waals surface area contributed by atoms with Crippen molar-refractivity contribution in [1.82, 2.24) is 14.2 Å². The highest BCUT2D eigenvalue weighted by molar-refractivity contribution is 8.00. The van der Waals surface area contributed by atoms with Crippen molar-refractivity contribution in [3.63, 3.8) is 0 Å². The average Bonchev–Trinajstić information content (AvgIpc) is 2.84. The van der Waals surface area contributed by atoms with Crippen molar-refractivity contribution in [2.75, 3.05) is 25.9 Å². The maximum atomic E-state index is 12.8. The Morgan fingerprint density at radius 2 is 2.19 bits per heavy atom. The van der Waals surface area contributed by atoms with Crippen molar-refractivity contribution in [3.05, 3.63) is 18.0 Å². The standard InChI is InChI=1S/C14H25N3O2S2/c1-11(2)17-10-14(7-13(17)8-15-4)21(18,19)16-5-6-20-12(3)9-16/h7,10-12,15H,5-6,8-9H2,1-4H3. The van der Waals surface area contributed by atoms with Crippen LogP contribution in [0.4, 0.5) is 0 Å². The Labute approximate surface area is 132 Å². The average molecular weight is 332 g/mol. The zero-order chi connectivity index (χ0) is 15.6. The molecule has 1 aliphatic rings. The zero-order valence-electron chi connectivity index (χ0n) is 13.2. The molecule has 1 saturated heterocycles. The van der Waals surface area contributed by atoms with Gasteiger partial charge in [0.1, 0.15) is 4.90 Å². The van der Waals surface area contributed by atoms with Crippen molar-refractivity contribution >= 4 is 21.8 Å². The first-order valence-corrected chi connectivity index (χ1v) is 9.82. The third kappa shape index (κ3) is 3.64. The number of rotatable bonds is 5. The van der Waals surface area contributed by atoms with Crippen LogP contribution in [0.3, 0.4) is 0 Å². The van der Waals surface area contributed by atoms with Crippen molar-refractivity contribution < 1.29 is 8.42 Å². The Kier molecular flexibility index (Phi) is 5.40. The van der Waals surface area contributed by atoms with E-state index < -0.39 is 10.0 Å². The fraction of sp³-hybridized carbons (Fsp3) is 0.714. The molecule has 120 valence electrons. The van der Waals surface area contributed by atoms with Gasteiger partial charge in [-0.2, -0.15) is 16.1 Å². The summed E-state index contributed by atoms with van der Waals surface area (Å²) in [6.45, 7) is 8.08. The van der Waals surface area contributed by atoms with Gasteiger partial charge in [-0.05, 0) is 27.0 Å². The smallest absolute Gasteiger partial charge is 0.244 e. The molecule has 7 heteroatoms. The van der Waals surface area contributed by atoms with Gasteiger partial charge in [0.15, 0.2) is 0 Å². The highest BCUT2D eigenvalue weighted by Gasteiger charge is 2.30. The normalized spacial score (nSPS) is 21.1. The number of aromatic nitrogens is 1. The minimum Gasteiger partial charge on any atom is -0.346 e. The summed E-state index contributed by atoms with van der Waals surface area (Å²) in [5, 5.41) is 3.46. The lowest BCUT2D eigenvalue weighted by molar-refractivity contribution is 0.424. The summed E-state index contributed by atoms with van der Waals surface area (Å²) in [6.07, 6.45) is 1.78. The quantitative estimate of drug-likeness (QED) is 0.895. The summed E-state index contributed by atoms with van der Waals surface area (Å²) in [6, 6.07) is 2.05. The molecule has 1 fully saturated rings. The Hall–Kier alpha value is -0.500. The molecule has 2 rings (SSSR count). The molecule has 0 bridgehead atoms. The number of sulfonamides is 1. The van der Waals surface area contributed by atoms with Gasteiger partial charge in [-0.15, -0.1) is 0 Å². The van der Waals surface area contributed by atoms with Gasteiger partial charge in [-0.25, -0.2) is 8.42 Å². The first-order valence-electron chi connectivity index (χ1n) is 7.33. The molecule has 5 nitrogen and oxygen atoms in total. The SMILES string of the molecule is CNCc1cc(S(=O)(=O)N2CCSC(C)C2)cn1C(C)C. The lowest BCUT2D eigenvalue weighted by atomic mass is 10.3. The van der Waals surface area contributed by atoms with Crippen LogP contribution >= 0.6 is 11.8 Å². The van der Waals surface area contributed by atoms with Crippen molar-refractivity contribution in [3.8, 4) is 0 Å². The number of hydrogen-bond donors (Lipinski definition) is 1. The van der Waals surface area contributed by atoms with Crippen LogP contribution in [0.2, 0.25) is 0 Å². The molecule has 1 aromatic heterocycles. The molecule has 2 heterocycles. The molecule has 0 aliphatic carbocycles. The molecule has 0 radical (unpaired) electrons.